The average molecular weight is 550 g/mol. The Morgan fingerprint density at radius 1 is 1.05 bits per heavy atom. The van der Waals surface area contributed by atoms with E-state index in [1.165, 1.54) is 12.1 Å². The van der Waals surface area contributed by atoms with Gasteiger partial charge in [0.2, 0.25) is 0 Å². The van der Waals surface area contributed by atoms with Gasteiger partial charge in [-0.1, -0.05) is 17.3 Å². The van der Waals surface area contributed by atoms with E-state index < -0.39 is 29.1 Å². The first kappa shape index (κ1) is 26.5. The molecule has 10 heteroatoms. The van der Waals surface area contributed by atoms with Crippen molar-refractivity contribution in [3.63, 3.8) is 0 Å². The first-order chi connectivity index (χ1) is 19.1. The fourth-order valence-corrected chi connectivity index (χ4v) is 6.00. The number of fused-ring (bicyclic) bond motifs is 3. The molecule has 2 aromatic carbocycles. The molecular weight excluding hydrogens is 519 g/mol. The van der Waals surface area contributed by atoms with Gasteiger partial charge in [-0.2, -0.15) is 0 Å². The number of halogens is 3. The van der Waals surface area contributed by atoms with Crippen molar-refractivity contribution in [2.45, 2.75) is 45.3 Å². The summed E-state index contributed by atoms with van der Waals surface area (Å²) >= 11 is 0. The van der Waals surface area contributed by atoms with Crippen molar-refractivity contribution in [2.75, 3.05) is 13.2 Å². The molecule has 0 saturated carbocycles. The Hall–Kier alpha value is -3.76. The maximum absolute atomic E-state index is 15.9. The Morgan fingerprint density at radius 3 is 2.48 bits per heavy atom. The van der Waals surface area contributed by atoms with Gasteiger partial charge in [0, 0.05) is 37.6 Å². The van der Waals surface area contributed by atoms with Gasteiger partial charge in [-0.15, -0.1) is 5.10 Å². The summed E-state index contributed by atoms with van der Waals surface area (Å²) in [5.74, 6) is -2.58. The van der Waals surface area contributed by atoms with Crippen molar-refractivity contribution >= 4 is 21.9 Å². The largest absolute Gasteiger partial charge is 0.386 e. The van der Waals surface area contributed by atoms with E-state index in [4.69, 9.17) is 9.72 Å². The van der Waals surface area contributed by atoms with E-state index in [2.05, 4.69) is 10.3 Å². The summed E-state index contributed by atoms with van der Waals surface area (Å²) in [7, 11) is 1.78. The van der Waals surface area contributed by atoms with E-state index in [1.807, 2.05) is 17.6 Å². The van der Waals surface area contributed by atoms with Crippen LogP contribution in [0.4, 0.5) is 13.2 Å². The van der Waals surface area contributed by atoms with Crippen molar-refractivity contribution in [3.8, 4) is 11.3 Å². The average Bonchev–Trinajstić information content (AvgIpc) is 3.43. The molecule has 5 aromatic rings. The Kier molecular flexibility index (Phi) is 6.42. The molecule has 1 atom stereocenters. The summed E-state index contributed by atoms with van der Waals surface area (Å²) in [6, 6.07) is 8.38. The van der Waals surface area contributed by atoms with Gasteiger partial charge in [-0.3, -0.25) is 4.98 Å². The molecule has 0 amide bonds. The summed E-state index contributed by atoms with van der Waals surface area (Å²) < 4.78 is 55.3. The SMILES string of the molecule is Cc1nnn(C)c1-c1cnc2c3c(F)cc(C(C)(C)O)cc3n(C(c3cccc(F)c3F)C3CCOCC3)c2c1. The lowest BCUT2D eigenvalue weighted by Gasteiger charge is -2.33. The number of pyridine rings is 1. The van der Waals surface area contributed by atoms with Crippen LogP contribution in [0.25, 0.3) is 33.2 Å². The fraction of sp³-hybridized carbons (Fsp3) is 0.367. The van der Waals surface area contributed by atoms with Gasteiger partial charge in [0.05, 0.1) is 45.0 Å². The molecule has 6 rings (SSSR count). The zero-order valence-electron chi connectivity index (χ0n) is 22.8. The molecule has 0 radical (unpaired) electrons. The fourth-order valence-electron chi connectivity index (χ4n) is 6.00. The minimum atomic E-state index is -1.34. The summed E-state index contributed by atoms with van der Waals surface area (Å²) in [4.78, 5) is 4.70. The zero-order valence-corrected chi connectivity index (χ0v) is 22.8. The highest BCUT2D eigenvalue weighted by Gasteiger charge is 2.34. The Balaban J connectivity index is 1.75. The number of aryl methyl sites for hydroxylation is 2. The standard InChI is InChI=1S/C30H30F3N5O2/c1-16-28(37(4)36-35-16)18-12-24-27(34-15-18)25-22(32)13-19(30(2,3)39)14-23(25)38(24)29(17-8-10-40-11-9-17)20-6-5-7-21(31)26(20)33/h5-7,12-15,17,29,39H,8-11H2,1-4H3. The van der Waals surface area contributed by atoms with Gasteiger partial charge in [0.1, 0.15) is 5.82 Å². The molecule has 4 heterocycles. The molecule has 3 aromatic heterocycles. The van der Waals surface area contributed by atoms with Crippen LogP contribution in [0, 0.1) is 30.3 Å². The van der Waals surface area contributed by atoms with Crippen LogP contribution in [0.1, 0.15) is 49.6 Å². The van der Waals surface area contributed by atoms with Crippen LogP contribution >= 0.6 is 0 Å². The molecule has 0 aliphatic carbocycles. The lowest BCUT2D eigenvalue weighted by molar-refractivity contribution is 0.0547. The Bertz CT molecular complexity index is 1730. The molecule has 40 heavy (non-hydrogen) atoms. The monoisotopic (exact) mass is 549 g/mol. The highest BCUT2D eigenvalue weighted by molar-refractivity contribution is 6.07. The van der Waals surface area contributed by atoms with E-state index >= 15 is 8.78 Å². The second kappa shape index (κ2) is 9.71. The lowest BCUT2D eigenvalue weighted by atomic mass is 9.86. The maximum Gasteiger partial charge on any atom is 0.164 e. The minimum Gasteiger partial charge on any atom is -0.386 e. The van der Waals surface area contributed by atoms with Crippen molar-refractivity contribution in [2.24, 2.45) is 13.0 Å². The van der Waals surface area contributed by atoms with Crippen LogP contribution in [0.2, 0.25) is 0 Å². The first-order valence-electron chi connectivity index (χ1n) is 13.3. The van der Waals surface area contributed by atoms with Crippen LogP contribution in [-0.2, 0) is 17.4 Å². The molecule has 1 unspecified atom stereocenters. The molecule has 1 N–H and O–H groups in total. The van der Waals surface area contributed by atoms with Crippen molar-refractivity contribution < 1.29 is 23.0 Å². The van der Waals surface area contributed by atoms with Crippen molar-refractivity contribution in [1.82, 2.24) is 24.5 Å². The van der Waals surface area contributed by atoms with Crippen LogP contribution in [-0.4, -0.2) is 42.9 Å². The molecule has 7 nitrogen and oxygen atoms in total. The molecule has 1 aliphatic heterocycles. The summed E-state index contributed by atoms with van der Waals surface area (Å²) in [6.45, 7) is 5.95. The van der Waals surface area contributed by atoms with E-state index in [9.17, 15) is 9.50 Å². The second-order valence-electron chi connectivity index (χ2n) is 11.1. The normalized spacial score (nSPS) is 15.8. The van der Waals surface area contributed by atoms with Crippen molar-refractivity contribution in [3.05, 3.63) is 76.9 Å². The number of ether oxygens (including phenoxy) is 1. The number of hydrogen-bond donors (Lipinski definition) is 1. The van der Waals surface area contributed by atoms with Gasteiger partial charge >= 0.3 is 0 Å². The first-order valence-corrected chi connectivity index (χ1v) is 13.3. The third kappa shape index (κ3) is 4.26. The summed E-state index contributed by atoms with van der Waals surface area (Å²) in [5.41, 5.74) is 2.71. The quantitative estimate of drug-likeness (QED) is 0.293. The number of benzene rings is 2. The predicted octanol–water partition coefficient (Wildman–Crippen LogP) is 5.95. The topological polar surface area (TPSA) is 78.0 Å². The van der Waals surface area contributed by atoms with Gasteiger partial charge < -0.3 is 14.4 Å². The number of rotatable bonds is 5. The van der Waals surface area contributed by atoms with Gasteiger partial charge in [-0.05, 0) is 69.4 Å². The predicted molar refractivity (Wildman–Crippen MR) is 145 cm³/mol. The zero-order chi connectivity index (χ0) is 28.3. The molecule has 0 bridgehead atoms. The van der Waals surface area contributed by atoms with Crippen molar-refractivity contribution in [1.29, 1.82) is 0 Å². The molecule has 208 valence electrons. The number of aliphatic hydroxyl groups is 1. The van der Waals surface area contributed by atoms with Gasteiger partial charge in [-0.25, -0.2) is 17.9 Å². The van der Waals surface area contributed by atoms with E-state index in [1.54, 1.807) is 43.9 Å². The molecule has 0 spiro atoms. The molecule has 1 saturated heterocycles. The van der Waals surface area contributed by atoms with Crippen LogP contribution < -0.4 is 0 Å². The van der Waals surface area contributed by atoms with E-state index in [0.29, 0.717) is 59.4 Å². The maximum atomic E-state index is 15.9. The van der Waals surface area contributed by atoms with Crippen LogP contribution in [0.5, 0.6) is 0 Å². The van der Waals surface area contributed by atoms with Gasteiger partial charge in [0.15, 0.2) is 11.6 Å². The third-order valence-corrected chi connectivity index (χ3v) is 7.96. The Morgan fingerprint density at radius 2 is 1.80 bits per heavy atom. The Labute approximate surface area is 229 Å². The molecule has 1 aliphatic rings. The van der Waals surface area contributed by atoms with E-state index in [-0.39, 0.29) is 16.9 Å². The number of hydrogen-bond acceptors (Lipinski definition) is 5. The lowest BCUT2D eigenvalue weighted by Crippen LogP contribution is -2.28. The van der Waals surface area contributed by atoms with Gasteiger partial charge in [0.25, 0.3) is 0 Å². The highest BCUT2D eigenvalue weighted by Crippen LogP contribution is 2.43. The third-order valence-electron chi connectivity index (χ3n) is 7.96. The summed E-state index contributed by atoms with van der Waals surface area (Å²) in [5, 5.41) is 19.3. The second-order valence-corrected chi connectivity index (χ2v) is 11.1. The number of nitrogens with zero attached hydrogens (tertiary/aromatic N) is 5. The summed E-state index contributed by atoms with van der Waals surface area (Å²) in [6.07, 6.45) is 2.86. The minimum absolute atomic E-state index is 0.138. The highest BCUT2D eigenvalue weighted by atomic mass is 19.2. The molecular formula is C30H30F3N5O2. The molecule has 1 fully saturated rings. The van der Waals surface area contributed by atoms with Crippen LogP contribution in [0.3, 0.4) is 0 Å². The van der Waals surface area contributed by atoms with E-state index in [0.717, 1.165) is 11.8 Å². The smallest absolute Gasteiger partial charge is 0.164 e. The van der Waals surface area contributed by atoms with Crippen LogP contribution in [0.15, 0.2) is 42.6 Å². The number of aromatic nitrogens is 5.